The van der Waals surface area contributed by atoms with Crippen molar-refractivity contribution in [2.45, 2.75) is 45.2 Å². The van der Waals surface area contributed by atoms with Crippen molar-refractivity contribution >= 4 is 11.9 Å². The molecule has 5 nitrogen and oxygen atoms in total. The van der Waals surface area contributed by atoms with Crippen LogP contribution < -0.4 is 11.1 Å². The monoisotopic (exact) mass is 289 g/mol. The van der Waals surface area contributed by atoms with Gasteiger partial charge >= 0.3 is 6.03 Å². The van der Waals surface area contributed by atoms with Crippen LogP contribution in [0.4, 0.5) is 4.79 Å². The predicted molar refractivity (Wildman–Crippen MR) is 81.7 cm³/mol. The highest BCUT2D eigenvalue weighted by atomic mass is 16.2. The van der Waals surface area contributed by atoms with Crippen LogP contribution in [0.5, 0.6) is 0 Å². The Morgan fingerprint density at radius 2 is 1.76 bits per heavy atom. The highest BCUT2D eigenvalue weighted by Gasteiger charge is 2.41. The number of hydrogen-bond acceptors (Lipinski definition) is 3. The number of urea groups is 1. The predicted octanol–water partition coefficient (Wildman–Crippen LogP) is 2.11. The molecule has 1 aliphatic heterocycles. The lowest BCUT2D eigenvalue weighted by Gasteiger charge is -2.30. The molecule has 21 heavy (non-hydrogen) atoms. The number of hydrogen-bond donors (Lipinski definition) is 2. The fraction of sp³-hybridized carbons (Fsp3) is 0.500. The molecule has 2 rings (SSSR count). The summed E-state index contributed by atoms with van der Waals surface area (Å²) < 4.78 is 0. The van der Waals surface area contributed by atoms with Crippen molar-refractivity contribution in [3.05, 3.63) is 35.4 Å². The van der Waals surface area contributed by atoms with Crippen molar-refractivity contribution in [1.82, 2.24) is 10.2 Å². The summed E-state index contributed by atoms with van der Waals surface area (Å²) in [5.74, 6) is -0.222. The van der Waals surface area contributed by atoms with E-state index in [0.29, 0.717) is 0 Å². The number of carbonyl (C=O) groups excluding carboxylic acids is 2. The van der Waals surface area contributed by atoms with Gasteiger partial charge in [-0.25, -0.2) is 4.79 Å². The minimum Gasteiger partial charge on any atom is -0.324 e. The minimum absolute atomic E-state index is 0.222. The highest BCUT2D eigenvalue weighted by molar-refractivity contribution is 6.04. The van der Waals surface area contributed by atoms with E-state index in [1.54, 1.807) is 0 Å². The summed E-state index contributed by atoms with van der Waals surface area (Å²) in [5.41, 5.74) is 7.63. The molecule has 1 atom stereocenters. The SMILES string of the molecule is CCC(N)(CC)CN1C(=O)NC(c2ccc(C)cc2)C1=O. The largest absolute Gasteiger partial charge is 0.325 e. The first-order valence-electron chi connectivity index (χ1n) is 7.37. The third-order valence-corrected chi connectivity index (χ3v) is 4.32. The molecule has 1 aliphatic rings. The summed E-state index contributed by atoms with van der Waals surface area (Å²) in [6.45, 7) is 6.18. The summed E-state index contributed by atoms with van der Waals surface area (Å²) in [4.78, 5) is 25.8. The van der Waals surface area contributed by atoms with Gasteiger partial charge in [-0.3, -0.25) is 9.69 Å². The van der Waals surface area contributed by atoms with Crippen LogP contribution in [-0.2, 0) is 4.79 Å². The van der Waals surface area contributed by atoms with Crippen LogP contribution in [0.1, 0.15) is 43.9 Å². The zero-order valence-electron chi connectivity index (χ0n) is 12.8. The normalized spacial score (nSPS) is 19.0. The van der Waals surface area contributed by atoms with Crippen LogP contribution in [0.25, 0.3) is 0 Å². The Hall–Kier alpha value is -1.88. The van der Waals surface area contributed by atoms with Crippen molar-refractivity contribution in [2.75, 3.05) is 6.54 Å². The van der Waals surface area contributed by atoms with Crippen LogP contribution in [0, 0.1) is 6.92 Å². The van der Waals surface area contributed by atoms with Gasteiger partial charge in [0.2, 0.25) is 0 Å². The van der Waals surface area contributed by atoms with E-state index in [-0.39, 0.29) is 18.5 Å². The number of amides is 3. The summed E-state index contributed by atoms with van der Waals surface area (Å²) in [7, 11) is 0. The molecule has 1 aromatic rings. The van der Waals surface area contributed by atoms with Crippen molar-refractivity contribution < 1.29 is 9.59 Å². The van der Waals surface area contributed by atoms with Gasteiger partial charge in [-0.15, -0.1) is 0 Å². The maximum absolute atomic E-state index is 12.5. The lowest BCUT2D eigenvalue weighted by Crippen LogP contribution is -2.51. The number of carbonyl (C=O) groups is 2. The first kappa shape index (κ1) is 15.5. The van der Waals surface area contributed by atoms with Crippen LogP contribution in [0.15, 0.2) is 24.3 Å². The van der Waals surface area contributed by atoms with E-state index in [4.69, 9.17) is 5.73 Å². The molecule has 3 amide bonds. The highest BCUT2D eigenvalue weighted by Crippen LogP contribution is 2.24. The van der Waals surface area contributed by atoms with Crippen molar-refractivity contribution in [1.29, 1.82) is 0 Å². The Bertz CT molecular complexity index is 535. The van der Waals surface area contributed by atoms with Crippen LogP contribution in [0.2, 0.25) is 0 Å². The molecule has 0 saturated carbocycles. The molecule has 0 aliphatic carbocycles. The van der Waals surface area contributed by atoms with E-state index in [0.717, 1.165) is 24.0 Å². The van der Waals surface area contributed by atoms with Gasteiger partial charge in [-0.1, -0.05) is 43.7 Å². The van der Waals surface area contributed by atoms with E-state index in [2.05, 4.69) is 5.32 Å². The Morgan fingerprint density at radius 1 is 1.19 bits per heavy atom. The molecule has 1 saturated heterocycles. The van der Waals surface area contributed by atoms with Crippen molar-refractivity contribution in [3.8, 4) is 0 Å². The Kier molecular flexibility index (Phi) is 4.32. The van der Waals surface area contributed by atoms with Gasteiger partial charge in [0.1, 0.15) is 6.04 Å². The first-order valence-corrected chi connectivity index (χ1v) is 7.37. The average molecular weight is 289 g/mol. The van der Waals surface area contributed by atoms with E-state index >= 15 is 0 Å². The Balaban J connectivity index is 2.18. The van der Waals surface area contributed by atoms with Crippen molar-refractivity contribution in [2.24, 2.45) is 5.73 Å². The molecule has 1 unspecified atom stereocenters. The van der Waals surface area contributed by atoms with Gasteiger partial charge in [-0.05, 0) is 25.3 Å². The van der Waals surface area contributed by atoms with Crippen molar-refractivity contribution in [3.63, 3.8) is 0 Å². The molecule has 3 N–H and O–H groups in total. The van der Waals surface area contributed by atoms with Crippen LogP contribution >= 0.6 is 0 Å². The summed E-state index contributed by atoms with van der Waals surface area (Å²) >= 11 is 0. The molecule has 1 fully saturated rings. The quantitative estimate of drug-likeness (QED) is 0.815. The molecular weight excluding hydrogens is 266 g/mol. The third kappa shape index (κ3) is 3.08. The van der Waals surface area contributed by atoms with Gasteiger partial charge in [0, 0.05) is 12.1 Å². The summed E-state index contributed by atoms with van der Waals surface area (Å²) in [6, 6.07) is 6.65. The van der Waals surface area contributed by atoms with Gasteiger partial charge in [-0.2, -0.15) is 0 Å². The smallest absolute Gasteiger partial charge is 0.324 e. The number of nitrogens with two attached hydrogens (primary N) is 1. The summed E-state index contributed by atoms with van der Waals surface area (Å²) in [6.07, 6.45) is 1.44. The van der Waals surface area contributed by atoms with E-state index in [9.17, 15) is 9.59 Å². The third-order valence-electron chi connectivity index (χ3n) is 4.32. The maximum Gasteiger partial charge on any atom is 0.325 e. The molecule has 114 valence electrons. The van der Waals surface area contributed by atoms with Gasteiger partial charge < -0.3 is 11.1 Å². The molecule has 5 heteroatoms. The Labute approximate surface area is 125 Å². The molecule has 0 radical (unpaired) electrons. The zero-order chi connectivity index (χ0) is 15.6. The molecule has 0 bridgehead atoms. The number of aryl methyl sites for hydroxylation is 1. The fourth-order valence-electron chi connectivity index (χ4n) is 2.44. The lowest BCUT2D eigenvalue weighted by molar-refractivity contribution is -0.128. The average Bonchev–Trinajstić information content (AvgIpc) is 2.76. The van der Waals surface area contributed by atoms with Crippen LogP contribution in [0.3, 0.4) is 0 Å². The number of benzene rings is 1. The lowest BCUT2D eigenvalue weighted by atomic mass is 9.93. The number of rotatable bonds is 5. The standard InChI is InChI=1S/C16H23N3O2/c1-4-16(17,5-2)10-19-14(20)13(18-15(19)21)12-8-6-11(3)7-9-12/h6-9,13H,4-5,10,17H2,1-3H3,(H,18,21). The van der Waals surface area contributed by atoms with Gasteiger partial charge in [0.05, 0.1) is 0 Å². The molecule has 1 aromatic carbocycles. The molecule has 1 heterocycles. The molecule has 0 aromatic heterocycles. The van der Waals surface area contributed by atoms with E-state index in [1.165, 1.54) is 4.90 Å². The second-order valence-electron chi connectivity index (χ2n) is 5.79. The molecule has 0 spiro atoms. The van der Waals surface area contributed by atoms with E-state index < -0.39 is 11.6 Å². The second kappa shape index (κ2) is 5.85. The zero-order valence-corrected chi connectivity index (χ0v) is 12.8. The number of nitrogens with one attached hydrogen (secondary N) is 1. The Morgan fingerprint density at radius 3 is 2.29 bits per heavy atom. The first-order chi connectivity index (χ1) is 9.90. The summed E-state index contributed by atoms with van der Waals surface area (Å²) in [5, 5.41) is 2.74. The minimum atomic E-state index is -0.601. The maximum atomic E-state index is 12.5. The van der Waals surface area contributed by atoms with Gasteiger partial charge in [0.25, 0.3) is 5.91 Å². The molecular formula is C16H23N3O2. The topological polar surface area (TPSA) is 75.4 Å². The number of imide groups is 1. The second-order valence-corrected chi connectivity index (χ2v) is 5.79. The number of nitrogens with zero attached hydrogens (tertiary/aromatic N) is 1. The van der Waals surface area contributed by atoms with Gasteiger partial charge in [0.15, 0.2) is 0 Å². The fourth-order valence-corrected chi connectivity index (χ4v) is 2.44. The van der Waals surface area contributed by atoms with E-state index in [1.807, 2.05) is 45.0 Å². The van der Waals surface area contributed by atoms with Crippen LogP contribution in [-0.4, -0.2) is 28.9 Å².